The van der Waals surface area contributed by atoms with Gasteiger partial charge in [-0.1, -0.05) is 26.0 Å². The molecule has 2 aromatic heterocycles. The Balaban J connectivity index is 1.70. The predicted octanol–water partition coefficient (Wildman–Crippen LogP) is 4.64. The number of piperazine rings is 1. The van der Waals surface area contributed by atoms with Gasteiger partial charge >= 0.3 is 0 Å². The van der Waals surface area contributed by atoms with Crippen LogP contribution in [0.2, 0.25) is 0 Å². The summed E-state index contributed by atoms with van der Waals surface area (Å²) in [5.74, 6) is -0.292. The average Bonchev–Trinajstić information content (AvgIpc) is 3.33. The van der Waals surface area contributed by atoms with Crippen LogP contribution >= 0.6 is 0 Å². The Morgan fingerprint density at radius 1 is 1.16 bits per heavy atom. The highest BCUT2D eigenvalue weighted by atomic mass is 19.1. The zero-order valence-electron chi connectivity index (χ0n) is 23.1. The van der Waals surface area contributed by atoms with E-state index in [1.165, 1.54) is 6.07 Å². The van der Waals surface area contributed by atoms with E-state index >= 15 is 4.39 Å². The molecule has 0 aliphatic carbocycles. The summed E-state index contributed by atoms with van der Waals surface area (Å²) in [6, 6.07) is 11.3. The maximum Gasteiger partial charge on any atom is 0.252 e. The number of rotatable bonds is 7. The molecule has 8 nitrogen and oxygen atoms in total. The van der Waals surface area contributed by atoms with Crippen molar-refractivity contribution in [3.05, 3.63) is 57.8 Å². The van der Waals surface area contributed by atoms with Crippen molar-refractivity contribution in [3.8, 4) is 12.1 Å². The quantitative estimate of drug-likeness (QED) is 0.453. The van der Waals surface area contributed by atoms with Gasteiger partial charge in [-0.05, 0) is 45.2 Å². The number of nitrogens with zero attached hydrogens (tertiary/aromatic N) is 7. The van der Waals surface area contributed by atoms with E-state index in [1.54, 1.807) is 42.4 Å². The first-order valence-corrected chi connectivity index (χ1v) is 13.2. The van der Waals surface area contributed by atoms with Crippen molar-refractivity contribution in [1.29, 1.82) is 10.5 Å². The van der Waals surface area contributed by atoms with Crippen molar-refractivity contribution >= 4 is 16.7 Å². The van der Waals surface area contributed by atoms with Gasteiger partial charge in [0.2, 0.25) is 0 Å². The molecule has 0 saturated carbocycles. The lowest BCUT2D eigenvalue weighted by Crippen LogP contribution is -2.59. The Hall–Kier alpha value is -3.69. The Morgan fingerprint density at radius 2 is 1.87 bits per heavy atom. The monoisotopic (exact) mass is 517 g/mol. The molecule has 0 N–H and O–H groups in total. The normalized spacial score (nSPS) is 19.3. The zero-order chi connectivity index (χ0) is 27.8. The lowest BCUT2D eigenvalue weighted by atomic mass is 9.85. The molecule has 4 rings (SSSR count). The second-order valence-electron chi connectivity index (χ2n) is 10.8. The molecule has 1 aliphatic rings. The third kappa shape index (κ3) is 4.79. The molecular formula is C29H36FN7O. The number of hydrogen-bond donors (Lipinski definition) is 0. The summed E-state index contributed by atoms with van der Waals surface area (Å²) >= 11 is 0. The molecule has 1 aliphatic heterocycles. The van der Waals surface area contributed by atoms with Crippen LogP contribution in [0, 0.1) is 28.5 Å². The van der Waals surface area contributed by atoms with Gasteiger partial charge in [-0.15, -0.1) is 0 Å². The highest BCUT2D eigenvalue weighted by Crippen LogP contribution is 2.36. The lowest BCUT2D eigenvalue weighted by Gasteiger charge is -2.49. The minimum atomic E-state index is -0.758. The van der Waals surface area contributed by atoms with Crippen LogP contribution in [0.5, 0.6) is 0 Å². The molecule has 0 amide bonds. The lowest BCUT2D eigenvalue weighted by molar-refractivity contribution is 0.0993. The molecule has 0 bridgehead atoms. The molecule has 38 heavy (non-hydrogen) atoms. The van der Waals surface area contributed by atoms with Crippen LogP contribution in [-0.4, -0.2) is 44.4 Å². The van der Waals surface area contributed by atoms with Crippen LogP contribution < -0.4 is 10.5 Å². The van der Waals surface area contributed by atoms with E-state index in [0.29, 0.717) is 35.2 Å². The van der Waals surface area contributed by atoms with E-state index < -0.39 is 5.41 Å². The van der Waals surface area contributed by atoms with Gasteiger partial charge in [0.15, 0.2) is 0 Å². The topological polar surface area (TPSA) is 93.9 Å². The molecule has 1 saturated heterocycles. The van der Waals surface area contributed by atoms with E-state index in [2.05, 4.69) is 40.9 Å². The number of hydrogen-bond acceptors (Lipinski definition) is 6. The first kappa shape index (κ1) is 27.3. The molecule has 1 fully saturated rings. The summed E-state index contributed by atoms with van der Waals surface area (Å²) in [6.07, 6.45) is 3.45. The van der Waals surface area contributed by atoms with Gasteiger partial charge in [0.05, 0.1) is 35.0 Å². The van der Waals surface area contributed by atoms with Gasteiger partial charge in [0.1, 0.15) is 17.9 Å². The maximum atomic E-state index is 15.4. The van der Waals surface area contributed by atoms with Crippen LogP contribution in [0.25, 0.3) is 11.0 Å². The zero-order valence-corrected chi connectivity index (χ0v) is 23.1. The van der Waals surface area contributed by atoms with Crippen LogP contribution in [0.4, 0.5) is 10.1 Å². The first-order chi connectivity index (χ1) is 18.1. The standard InChI is InChI=1S/C29H36FN7O/c1-7-21-16-37(25-14-27(38)34(6)26-17-35(12-11-31)33-28(25)26)22(8-2)15-36(21)19(3)23-10-9-20(13-24(23)30)29(4,5)18-32/h9-10,13-14,17,19,21-22H,7-8,12,15-16H2,1-6H3/t19?,21-,22+/m1/s1. The molecule has 0 radical (unpaired) electrons. The molecule has 1 unspecified atom stereocenters. The number of anilines is 1. The van der Waals surface area contributed by atoms with E-state index in [-0.39, 0.29) is 36.0 Å². The van der Waals surface area contributed by atoms with Gasteiger partial charge in [0.25, 0.3) is 5.56 Å². The van der Waals surface area contributed by atoms with Crippen LogP contribution in [0.15, 0.2) is 35.3 Å². The van der Waals surface area contributed by atoms with E-state index in [9.17, 15) is 10.1 Å². The fourth-order valence-corrected chi connectivity index (χ4v) is 5.56. The second-order valence-corrected chi connectivity index (χ2v) is 10.8. The number of pyridine rings is 1. The molecule has 9 heteroatoms. The van der Waals surface area contributed by atoms with Crippen molar-refractivity contribution in [2.75, 3.05) is 18.0 Å². The summed E-state index contributed by atoms with van der Waals surface area (Å²) in [7, 11) is 1.72. The summed E-state index contributed by atoms with van der Waals surface area (Å²) < 4.78 is 18.5. The molecule has 3 heterocycles. The van der Waals surface area contributed by atoms with Crippen molar-refractivity contribution in [1.82, 2.24) is 19.2 Å². The predicted molar refractivity (Wildman–Crippen MR) is 146 cm³/mol. The fourth-order valence-electron chi connectivity index (χ4n) is 5.56. The number of halogens is 1. The summed E-state index contributed by atoms with van der Waals surface area (Å²) in [6.45, 7) is 11.4. The van der Waals surface area contributed by atoms with Crippen LogP contribution in [0.1, 0.15) is 64.6 Å². The maximum absolute atomic E-state index is 15.4. The Kier molecular flexibility index (Phi) is 7.62. The third-order valence-corrected chi connectivity index (χ3v) is 8.11. The molecule has 3 aromatic rings. The highest BCUT2D eigenvalue weighted by Gasteiger charge is 2.37. The molecule has 1 aromatic carbocycles. The minimum absolute atomic E-state index is 0.0940. The van der Waals surface area contributed by atoms with Gasteiger partial charge in [-0.3, -0.25) is 14.4 Å². The molecule has 0 spiro atoms. The summed E-state index contributed by atoms with van der Waals surface area (Å²) in [5.41, 5.74) is 2.60. The Morgan fingerprint density at radius 3 is 2.47 bits per heavy atom. The van der Waals surface area contributed by atoms with Gasteiger partial charge in [-0.25, -0.2) is 4.39 Å². The third-order valence-electron chi connectivity index (χ3n) is 8.11. The van der Waals surface area contributed by atoms with E-state index in [0.717, 1.165) is 18.5 Å². The van der Waals surface area contributed by atoms with Gasteiger partial charge in [0, 0.05) is 49.9 Å². The average molecular weight is 518 g/mol. The van der Waals surface area contributed by atoms with E-state index in [1.807, 2.05) is 19.1 Å². The van der Waals surface area contributed by atoms with Crippen LogP contribution in [-0.2, 0) is 19.0 Å². The van der Waals surface area contributed by atoms with Gasteiger partial charge < -0.3 is 9.47 Å². The Bertz CT molecular complexity index is 1480. The Labute approximate surface area is 223 Å². The summed E-state index contributed by atoms with van der Waals surface area (Å²) in [5, 5.41) is 23.3. The number of benzene rings is 1. The largest absolute Gasteiger partial charge is 0.364 e. The van der Waals surface area contributed by atoms with Crippen LogP contribution in [0.3, 0.4) is 0 Å². The number of aryl methyl sites for hydroxylation is 1. The minimum Gasteiger partial charge on any atom is -0.364 e. The number of aromatic nitrogens is 3. The number of nitriles is 2. The number of fused-ring (bicyclic) bond motifs is 1. The molecule has 200 valence electrons. The second kappa shape index (κ2) is 10.6. The SMILES string of the molecule is CC[C@H]1CN(C(C)c2ccc(C(C)(C)C#N)cc2F)[C@H](CC)CN1c1cc(=O)n(C)c2cn(CC#N)nc12. The first-order valence-electron chi connectivity index (χ1n) is 13.2. The van der Waals surface area contributed by atoms with E-state index in [4.69, 9.17) is 5.26 Å². The fraction of sp³-hybridized carbons (Fsp3) is 0.517. The van der Waals surface area contributed by atoms with Crippen molar-refractivity contribution in [2.24, 2.45) is 7.05 Å². The van der Waals surface area contributed by atoms with Crippen molar-refractivity contribution < 1.29 is 4.39 Å². The van der Waals surface area contributed by atoms with Crippen molar-refractivity contribution in [3.63, 3.8) is 0 Å². The molecular weight excluding hydrogens is 481 g/mol. The summed E-state index contributed by atoms with van der Waals surface area (Å²) in [4.78, 5) is 17.5. The molecule has 3 atom stereocenters. The van der Waals surface area contributed by atoms with Gasteiger partial charge in [-0.2, -0.15) is 15.6 Å². The highest BCUT2D eigenvalue weighted by molar-refractivity contribution is 5.88. The smallest absolute Gasteiger partial charge is 0.252 e. The van der Waals surface area contributed by atoms with Crippen molar-refractivity contribution in [2.45, 2.75) is 77.5 Å².